The van der Waals surface area contributed by atoms with E-state index in [1.54, 1.807) is 0 Å². The van der Waals surface area contributed by atoms with E-state index in [2.05, 4.69) is 55.4 Å². The standard InChI is InChI=1S/C71H138O17P2/c1-61(2)47-39-31-23-18-14-11-9-10-12-16-21-27-37-45-53-70(75)87-66(57-82-69(74)52-44-36-28-22-25-33-41-49-63(5)6)59-85-89(77,78)83-55-65(72)56-84-90(79,80)86-60-67(88-71(76)54-46-38-30-29-34-42-50-64(7)8)58-81-68(73)51-43-35-26-20-17-13-15-19-24-32-40-48-62(3)4/h61-67,72H,9-60H2,1-8H3,(H,77,78)(H,79,80)/t65?,66-,67-/m1/s1. The molecule has 0 spiro atoms. The Morgan fingerprint density at radius 3 is 0.689 bits per heavy atom. The van der Waals surface area contributed by atoms with Crippen LogP contribution in [-0.4, -0.2) is 96.7 Å². The van der Waals surface area contributed by atoms with Gasteiger partial charge in [-0.3, -0.25) is 37.3 Å². The van der Waals surface area contributed by atoms with Crippen LogP contribution < -0.4 is 0 Å². The number of phosphoric acid groups is 2. The van der Waals surface area contributed by atoms with Crippen LogP contribution >= 0.6 is 15.6 Å². The summed E-state index contributed by atoms with van der Waals surface area (Å²) in [4.78, 5) is 72.5. The number of carbonyl (C=O) groups excluding carboxylic acids is 4. The molecule has 0 aliphatic heterocycles. The van der Waals surface area contributed by atoms with Crippen LogP contribution in [-0.2, 0) is 65.4 Å². The van der Waals surface area contributed by atoms with E-state index in [4.69, 9.17) is 37.0 Å². The summed E-state index contributed by atoms with van der Waals surface area (Å²) in [6.07, 6.45) is 43.3. The zero-order valence-electron chi connectivity index (χ0n) is 58.8. The van der Waals surface area contributed by atoms with Crippen molar-refractivity contribution in [3.8, 4) is 0 Å². The maximum atomic E-state index is 13.0. The Morgan fingerprint density at radius 1 is 0.278 bits per heavy atom. The SMILES string of the molecule is CC(C)CCCCCCCCCCCCCCCCC(=O)O[C@H](COC(=O)CCCCCCCCCC(C)C)COP(=O)(O)OCC(O)COP(=O)(O)OC[C@@H](COC(=O)CCCCCCCCCCCCCC(C)C)OC(=O)CCCCCCCCC(C)C. The molecule has 0 aliphatic rings. The van der Waals surface area contributed by atoms with Gasteiger partial charge < -0.3 is 33.8 Å². The van der Waals surface area contributed by atoms with Gasteiger partial charge in [-0.15, -0.1) is 0 Å². The highest BCUT2D eigenvalue weighted by Gasteiger charge is 2.30. The lowest BCUT2D eigenvalue weighted by Crippen LogP contribution is -2.30. The largest absolute Gasteiger partial charge is 0.472 e. The van der Waals surface area contributed by atoms with Gasteiger partial charge in [0.05, 0.1) is 26.4 Å². The molecule has 17 nitrogen and oxygen atoms in total. The normalized spacial score (nSPS) is 14.3. The first kappa shape index (κ1) is 88.1. The lowest BCUT2D eigenvalue weighted by Gasteiger charge is -2.21. The summed E-state index contributed by atoms with van der Waals surface area (Å²) in [7, 11) is -9.90. The Bertz CT molecular complexity index is 1780. The molecule has 0 aromatic heterocycles. The fourth-order valence-corrected chi connectivity index (χ4v) is 12.2. The van der Waals surface area contributed by atoms with Gasteiger partial charge in [-0.1, -0.05) is 299 Å². The van der Waals surface area contributed by atoms with Crippen molar-refractivity contribution in [2.75, 3.05) is 39.6 Å². The molecular weight excluding hydrogens is 1190 g/mol. The number of ether oxygens (including phenoxy) is 4. The second-order valence-corrected chi connectivity index (χ2v) is 30.4. The van der Waals surface area contributed by atoms with Gasteiger partial charge in [-0.05, 0) is 49.4 Å². The van der Waals surface area contributed by atoms with E-state index in [1.807, 2.05) is 0 Å². The summed E-state index contributed by atoms with van der Waals surface area (Å²) < 4.78 is 68.3. The molecule has 3 N–H and O–H groups in total. The van der Waals surface area contributed by atoms with Crippen LogP contribution in [0.5, 0.6) is 0 Å². The molecule has 0 rings (SSSR count). The van der Waals surface area contributed by atoms with Crippen LogP contribution in [0, 0.1) is 23.7 Å². The monoisotopic (exact) mass is 1320 g/mol. The average Bonchev–Trinajstić information content (AvgIpc) is 3.16. The maximum Gasteiger partial charge on any atom is 0.472 e. The van der Waals surface area contributed by atoms with Crippen molar-refractivity contribution in [3.05, 3.63) is 0 Å². The topological polar surface area (TPSA) is 237 Å². The number of carbonyl (C=O) groups is 4. The Labute approximate surface area is 549 Å². The molecule has 534 valence electrons. The fourth-order valence-electron chi connectivity index (χ4n) is 10.7. The molecule has 0 amide bonds. The van der Waals surface area contributed by atoms with E-state index in [1.165, 1.54) is 148 Å². The number of hydrogen-bond acceptors (Lipinski definition) is 15. The number of aliphatic hydroxyl groups excluding tert-OH is 1. The van der Waals surface area contributed by atoms with Gasteiger partial charge in [0.1, 0.15) is 19.3 Å². The van der Waals surface area contributed by atoms with Crippen LogP contribution in [0.3, 0.4) is 0 Å². The molecule has 0 radical (unpaired) electrons. The molecule has 90 heavy (non-hydrogen) atoms. The molecule has 3 unspecified atom stereocenters. The smallest absolute Gasteiger partial charge is 0.462 e. The van der Waals surface area contributed by atoms with Gasteiger partial charge in [-0.25, -0.2) is 9.13 Å². The summed E-state index contributed by atoms with van der Waals surface area (Å²) in [5.74, 6) is 0.808. The number of rotatable bonds is 68. The third kappa shape index (κ3) is 64.8. The van der Waals surface area contributed by atoms with Gasteiger partial charge in [0.2, 0.25) is 0 Å². The highest BCUT2D eigenvalue weighted by molar-refractivity contribution is 7.47. The predicted molar refractivity (Wildman–Crippen MR) is 363 cm³/mol. The van der Waals surface area contributed by atoms with Crippen molar-refractivity contribution >= 4 is 39.5 Å². The second-order valence-electron chi connectivity index (χ2n) is 27.5. The van der Waals surface area contributed by atoms with E-state index in [9.17, 15) is 43.2 Å². The fraction of sp³-hybridized carbons (Fsp3) is 0.944. The minimum absolute atomic E-state index is 0.102. The van der Waals surface area contributed by atoms with Gasteiger partial charge in [0, 0.05) is 25.7 Å². The highest BCUT2D eigenvalue weighted by atomic mass is 31.2. The summed E-state index contributed by atoms with van der Waals surface area (Å²) >= 11 is 0. The minimum Gasteiger partial charge on any atom is -0.462 e. The number of hydrogen-bond donors (Lipinski definition) is 3. The average molecular weight is 1330 g/mol. The van der Waals surface area contributed by atoms with E-state index in [0.717, 1.165) is 108 Å². The molecule has 19 heteroatoms. The molecule has 0 fully saturated rings. The number of esters is 4. The van der Waals surface area contributed by atoms with Crippen LogP contribution in [0.1, 0.15) is 351 Å². The number of unbranched alkanes of at least 4 members (excludes halogenated alkanes) is 34. The number of phosphoric ester groups is 2. The van der Waals surface area contributed by atoms with Crippen LogP contribution in [0.25, 0.3) is 0 Å². The number of aliphatic hydroxyl groups is 1. The molecule has 0 bridgehead atoms. The van der Waals surface area contributed by atoms with Crippen molar-refractivity contribution in [1.29, 1.82) is 0 Å². The summed E-state index contributed by atoms with van der Waals surface area (Å²) in [5, 5.41) is 10.6. The first-order valence-corrected chi connectivity index (χ1v) is 39.7. The lowest BCUT2D eigenvalue weighted by atomic mass is 10.0. The molecule has 0 aromatic carbocycles. The molecule has 0 saturated heterocycles. The van der Waals surface area contributed by atoms with E-state index in [-0.39, 0.29) is 25.7 Å². The first-order valence-electron chi connectivity index (χ1n) is 36.7. The Morgan fingerprint density at radius 2 is 0.467 bits per heavy atom. The van der Waals surface area contributed by atoms with Gasteiger partial charge in [0.25, 0.3) is 0 Å². The third-order valence-electron chi connectivity index (χ3n) is 16.3. The van der Waals surface area contributed by atoms with Gasteiger partial charge in [0.15, 0.2) is 12.2 Å². The molecule has 0 aliphatic carbocycles. The van der Waals surface area contributed by atoms with Crippen molar-refractivity contribution in [3.63, 3.8) is 0 Å². The molecule has 0 saturated carbocycles. The second kappa shape index (κ2) is 60.7. The van der Waals surface area contributed by atoms with Crippen molar-refractivity contribution in [2.45, 2.75) is 369 Å². The van der Waals surface area contributed by atoms with Crippen LogP contribution in [0.4, 0.5) is 0 Å². The summed E-state index contributed by atoms with van der Waals surface area (Å²) in [6, 6.07) is 0. The van der Waals surface area contributed by atoms with Gasteiger partial charge >= 0.3 is 39.5 Å². The summed E-state index contributed by atoms with van der Waals surface area (Å²) in [6.45, 7) is 14.0. The predicted octanol–water partition coefficient (Wildman–Crippen LogP) is 20.1. The van der Waals surface area contributed by atoms with E-state index >= 15 is 0 Å². The van der Waals surface area contributed by atoms with Crippen LogP contribution in [0.15, 0.2) is 0 Å². The molecular formula is C71H138O17P2. The van der Waals surface area contributed by atoms with Crippen LogP contribution in [0.2, 0.25) is 0 Å². The zero-order chi connectivity index (χ0) is 66.8. The summed E-state index contributed by atoms with van der Waals surface area (Å²) in [5.41, 5.74) is 0. The van der Waals surface area contributed by atoms with E-state index < -0.39 is 97.5 Å². The van der Waals surface area contributed by atoms with E-state index in [0.29, 0.717) is 37.5 Å². The zero-order valence-corrected chi connectivity index (χ0v) is 60.6. The maximum absolute atomic E-state index is 13.0. The van der Waals surface area contributed by atoms with Gasteiger partial charge in [-0.2, -0.15) is 0 Å². The third-order valence-corrected chi connectivity index (χ3v) is 18.2. The van der Waals surface area contributed by atoms with Crippen molar-refractivity contribution < 1.29 is 80.2 Å². The lowest BCUT2D eigenvalue weighted by molar-refractivity contribution is -0.161. The molecule has 0 aromatic rings. The highest BCUT2D eigenvalue weighted by Crippen LogP contribution is 2.45. The Hall–Kier alpha value is -1.94. The van der Waals surface area contributed by atoms with Crippen molar-refractivity contribution in [2.24, 2.45) is 23.7 Å². The quantitative estimate of drug-likeness (QED) is 0.0222. The Kier molecular flexibility index (Phi) is 59.4. The molecule has 5 atom stereocenters. The minimum atomic E-state index is -4.95. The first-order chi connectivity index (χ1) is 43.1. The van der Waals surface area contributed by atoms with Crippen molar-refractivity contribution in [1.82, 2.24) is 0 Å². The molecule has 0 heterocycles. The Balaban J connectivity index is 5.20.